The fourth-order valence-electron chi connectivity index (χ4n) is 0.993. The molecule has 2 aromatic rings. The molecule has 2 aromatic heterocycles. The van der Waals surface area contributed by atoms with Crippen LogP contribution in [0.25, 0.3) is 0 Å². The molecule has 0 atom stereocenters. The molecule has 76 valence electrons. The molecule has 0 unspecified atom stereocenters. The summed E-state index contributed by atoms with van der Waals surface area (Å²) in [5.41, 5.74) is 0. The molecular weight excluding hydrogens is 200 g/mol. The Balaban J connectivity index is 2.04. The van der Waals surface area contributed by atoms with E-state index in [9.17, 15) is 9.59 Å². The number of H-pyrrole nitrogens is 2. The molecule has 2 N–H and O–H groups in total. The highest BCUT2D eigenvalue weighted by Gasteiger charge is 2.17. The molecule has 0 fully saturated rings. The van der Waals surface area contributed by atoms with Crippen LogP contribution in [-0.4, -0.2) is 41.9 Å². The van der Waals surface area contributed by atoms with Crippen LogP contribution in [0.4, 0.5) is 0 Å². The molecule has 0 saturated carbocycles. The highest BCUT2D eigenvalue weighted by atomic mass is 16.2. The maximum Gasteiger partial charge on any atom is 0.207 e. The minimum atomic E-state index is -0.436. The van der Waals surface area contributed by atoms with Crippen LogP contribution in [0.2, 0.25) is 0 Å². The Labute approximate surface area is 83.1 Å². The molecule has 0 aliphatic carbocycles. The number of nitrogens with zero attached hydrogens (tertiary/aromatic N) is 4. The first-order valence-electron chi connectivity index (χ1n) is 4.04. The predicted molar refractivity (Wildman–Crippen MR) is 46.0 cm³/mol. The molecule has 2 rings (SSSR count). The van der Waals surface area contributed by atoms with Gasteiger partial charge in [0, 0.05) is 0 Å². The van der Waals surface area contributed by atoms with E-state index in [2.05, 4.69) is 30.4 Å². The third-order valence-electron chi connectivity index (χ3n) is 1.68. The second-order valence-corrected chi connectivity index (χ2v) is 2.69. The summed E-state index contributed by atoms with van der Waals surface area (Å²) in [7, 11) is 0. The van der Waals surface area contributed by atoms with Crippen LogP contribution in [0, 0.1) is 0 Å². The molecule has 0 aliphatic heterocycles. The predicted octanol–water partition coefficient (Wildman–Crippen LogP) is -0.622. The first kappa shape index (κ1) is 9.19. The Hall–Kier alpha value is -2.38. The van der Waals surface area contributed by atoms with Crippen molar-refractivity contribution in [2.45, 2.75) is 6.42 Å². The van der Waals surface area contributed by atoms with E-state index >= 15 is 0 Å². The topological polar surface area (TPSA) is 117 Å². The van der Waals surface area contributed by atoms with Gasteiger partial charge in [-0.25, -0.2) is 9.97 Å². The lowest BCUT2D eigenvalue weighted by Crippen LogP contribution is -2.11. The van der Waals surface area contributed by atoms with E-state index < -0.39 is 11.6 Å². The number of aromatic nitrogens is 6. The van der Waals surface area contributed by atoms with Crippen molar-refractivity contribution in [2.24, 2.45) is 0 Å². The Morgan fingerprint density at radius 1 is 1.00 bits per heavy atom. The molecule has 2 heterocycles. The molecule has 15 heavy (non-hydrogen) atoms. The smallest absolute Gasteiger partial charge is 0.207 e. The number of aromatic amines is 2. The van der Waals surface area contributed by atoms with Crippen molar-refractivity contribution in [1.82, 2.24) is 30.4 Å². The van der Waals surface area contributed by atoms with E-state index in [4.69, 9.17) is 0 Å². The van der Waals surface area contributed by atoms with Gasteiger partial charge in [0.2, 0.25) is 11.6 Å². The van der Waals surface area contributed by atoms with Crippen molar-refractivity contribution < 1.29 is 9.59 Å². The number of nitrogens with one attached hydrogen (secondary N) is 2. The Bertz CT molecular complexity index is 415. The maximum atomic E-state index is 11.4. The van der Waals surface area contributed by atoms with Gasteiger partial charge in [-0.1, -0.05) is 0 Å². The van der Waals surface area contributed by atoms with Gasteiger partial charge >= 0.3 is 0 Å². The zero-order valence-corrected chi connectivity index (χ0v) is 7.47. The molecule has 8 heteroatoms. The Kier molecular flexibility index (Phi) is 2.31. The van der Waals surface area contributed by atoms with Crippen molar-refractivity contribution in [1.29, 1.82) is 0 Å². The highest BCUT2D eigenvalue weighted by molar-refractivity contribution is 6.10. The molecular formula is C7H6N6O2. The van der Waals surface area contributed by atoms with E-state index in [-0.39, 0.29) is 18.1 Å². The minimum Gasteiger partial charge on any atom is -0.290 e. The van der Waals surface area contributed by atoms with Gasteiger partial charge in [-0.3, -0.25) is 19.8 Å². The van der Waals surface area contributed by atoms with E-state index in [0.29, 0.717) is 0 Å². The van der Waals surface area contributed by atoms with Gasteiger partial charge < -0.3 is 0 Å². The second kappa shape index (κ2) is 3.78. The fourth-order valence-corrected chi connectivity index (χ4v) is 0.993. The largest absolute Gasteiger partial charge is 0.290 e. The minimum absolute atomic E-state index is 0.0582. The lowest BCUT2D eigenvalue weighted by Gasteiger charge is -1.93. The number of ketones is 2. The summed E-state index contributed by atoms with van der Waals surface area (Å²) in [6.07, 6.45) is 2.09. The Morgan fingerprint density at radius 2 is 1.47 bits per heavy atom. The van der Waals surface area contributed by atoms with E-state index in [1.807, 2.05) is 0 Å². The van der Waals surface area contributed by atoms with Gasteiger partial charge in [0.15, 0.2) is 11.6 Å². The molecule has 0 radical (unpaired) electrons. The van der Waals surface area contributed by atoms with Crippen LogP contribution < -0.4 is 0 Å². The number of carbonyl (C=O) groups is 2. The fraction of sp³-hybridized carbons (Fsp3) is 0.143. The van der Waals surface area contributed by atoms with Crippen LogP contribution in [0.5, 0.6) is 0 Å². The van der Waals surface area contributed by atoms with E-state index in [1.165, 1.54) is 12.7 Å². The third kappa shape index (κ3) is 1.93. The van der Waals surface area contributed by atoms with Gasteiger partial charge in [-0.15, -0.1) is 0 Å². The van der Waals surface area contributed by atoms with Crippen molar-refractivity contribution in [3.63, 3.8) is 0 Å². The molecule has 8 nitrogen and oxygen atoms in total. The third-order valence-corrected chi connectivity index (χ3v) is 1.68. The number of hydrogen-bond acceptors (Lipinski definition) is 6. The lowest BCUT2D eigenvalue weighted by molar-refractivity contribution is 0.0883. The van der Waals surface area contributed by atoms with Crippen molar-refractivity contribution >= 4 is 11.6 Å². The quantitative estimate of drug-likeness (QED) is 0.508. The first-order chi connectivity index (χ1) is 7.27. The zero-order valence-electron chi connectivity index (χ0n) is 7.47. The van der Waals surface area contributed by atoms with Crippen LogP contribution in [0.3, 0.4) is 0 Å². The Morgan fingerprint density at radius 3 is 1.80 bits per heavy atom. The monoisotopic (exact) mass is 206 g/mol. The average molecular weight is 206 g/mol. The van der Waals surface area contributed by atoms with E-state index in [1.54, 1.807) is 0 Å². The van der Waals surface area contributed by atoms with Gasteiger partial charge in [0.1, 0.15) is 12.7 Å². The molecule has 0 amide bonds. The number of carbonyl (C=O) groups excluding carboxylic acids is 2. The summed E-state index contributed by atoms with van der Waals surface area (Å²) in [5, 5.41) is 11.8. The number of hydrogen-bond donors (Lipinski definition) is 2. The van der Waals surface area contributed by atoms with E-state index in [0.717, 1.165) is 0 Å². The molecule has 0 aliphatic rings. The summed E-state index contributed by atoms with van der Waals surface area (Å²) in [6, 6.07) is 0. The van der Waals surface area contributed by atoms with Crippen LogP contribution >= 0.6 is 0 Å². The number of Topliss-reactive ketones (excluding diaryl/α,β-unsaturated/α-hetero) is 2. The maximum absolute atomic E-state index is 11.4. The van der Waals surface area contributed by atoms with Gasteiger partial charge in [0.05, 0.1) is 6.42 Å². The summed E-state index contributed by atoms with van der Waals surface area (Å²) >= 11 is 0. The molecule has 0 bridgehead atoms. The molecule has 0 saturated heterocycles. The summed E-state index contributed by atoms with van der Waals surface area (Å²) in [4.78, 5) is 30.1. The average Bonchev–Trinajstić information content (AvgIpc) is 2.91. The van der Waals surface area contributed by atoms with Crippen LogP contribution in [0.15, 0.2) is 12.7 Å². The zero-order chi connectivity index (χ0) is 10.7. The van der Waals surface area contributed by atoms with Crippen LogP contribution in [-0.2, 0) is 0 Å². The van der Waals surface area contributed by atoms with Gasteiger partial charge in [-0.2, -0.15) is 10.2 Å². The van der Waals surface area contributed by atoms with Crippen molar-refractivity contribution in [3.05, 3.63) is 24.3 Å². The summed E-state index contributed by atoms with van der Waals surface area (Å²) < 4.78 is 0. The lowest BCUT2D eigenvalue weighted by atomic mass is 10.2. The molecule has 0 aromatic carbocycles. The standard InChI is InChI=1S/C7H6N6O2/c14-4(6-8-2-10-12-6)1-5(15)7-9-3-11-13-7/h2-3H,1H2,(H,8,10,12)(H,9,11,13). The first-order valence-corrected chi connectivity index (χ1v) is 4.04. The summed E-state index contributed by atoms with van der Waals surface area (Å²) in [6.45, 7) is 0. The summed E-state index contributed by atoms with van der Waals surface area (Å²) in [5.74, 6) is -0.756. The normalized spacial score (nSPS) is 10.1. The van der Waals surface area contributed by atoms with Gasteiger partial charge in [0.25, 0.3) is 0 Å². The van der Waals surface area contributed by atoms with Crippen molar-refractivity contribution in [3.8, 4) is 0 Å². The number of rotatable bonds is 4. The molecule has 0 spiro atoms. The second-order valence-electron chi connectivity index (χ2n) is 2.69. The SMILES string of the molecule is O=C(CC(=O)c1ncn[nH]1)c1ncn[nH]1. The highest BCUT2D eigenvalue weighted by Crippen LogP contribution is 1.99. The van der Waals surface area contributed by atoms with Crippen molar-refractivity contribution in [2.75, 3.05) is 0 Å². The van der Waals surface area contributed by atoms with Crippen LogP contribution in [0.1, 0.15) is 27.7 Å². The van der Waals surface area contributed by atoms with Gasteiger partial charge in [-0.05, 0) is 0 Å².